The van der Waals surface area contributed by atoms with Gasteiger partial charge in [-0.2, -0.15) is 3.71 Å². The van der Waals surface area contributed by atoms with E-state index in [9.17, 15) is 76.2 Å². The third-order valence-electron chi connectivity index (χ3n) is 10.8. The molecule has 0 aromatic carbocycles. The van der Waals surface area contributed by atoms with Crippen LogP contribution in [0, 0.1) is 17.0 Å². The van der Waals surface area contributed by atoms with Crippen LogP contribution in [0.2, 0.25) is 0 Å². The van der Waals surface area contributed by atoms with E-state index in [0.29, 0.717) is 78.9 Å². The minimum Gasteiger partial charge on any atom is -0.411 e. The van der Waals surface area contributed by atoms with E-state index >= 15 is 0 Å². The molecular weight excluding hydrogens is 1450 g/mol. The number of thiophene rings is 7. The quantitative estimate of drug-likeness (QED) is 0.0108. The molecule has 0 aliphatic carbocycles. The third-order valence-corrected chi connectivity index (χ3v) is 22.8. The lowest BCUT2D eigenvalue weighted by molar-refractivity contribution is -0.384. The molecular formula is C55H76N8O18S12. The number of nitro groups is 1. The summed E-state index contributed by atoms with van der Waals surface area (Å²) in [5.41, 5.74) is 14.0. The second kappa shape index (κ2) is 39.6. The summed E-state index contributed by atoms with van der Waals surface area (Å²) in [4.78, 5) is 71.4. The Balaban J connectivity index is 0.000000547. The fraction of sp³-hybridized carbons (Fsp3) is 0.382. The Morgan fingerprint density at radius 3 is 1.27 bits per heavy atom. The van der Waals surface area contributed by atoms with Crippen LogP contribution in [0.1, 0.15) is 162 Å². The first-order valence-corrected chi connectivity index (χ1v) is 42.7. The molecule has 7 aromatic heterocycles. The van der Waals surface area contributed by atoms with Crippen molar-refractivity contribution in [2.75, 3.05) is 54.9 Å². The molecule has 38 heteroatoms. The van der Waals surface area contributed by atoms with Gasteiger partial charge in [-0.25, -0.2) is 42.1 Å². The second-order valence-electron chi connectivity index (χ2n) is 19.0. The molecule has 7 aromatic rings. The van der Waals surface area contributed by atoms with E-state index in [1.165, 1.54) is 73.1 Å². The minimum absolute atomic E-state index is 0.00296. The number of carbonyl (C=O) groups excluding carboxylic acids is 5. The van der Waals surface area contributed by atoms with Crippen LogP contribution in [0.5, 0.6) is 0 Å². The number of aryl methyl sites for hydroxylation is 1. The number of sulfonamides is 5. The fourth-order valence-corrected chi connectivity index (χ4v) is 17.6. The zero-order valence-corrected chi connectivity index (χ0v) is 62.7. The zero-order chi connectivity index (χ0) is 71.4. The molecule has 26 nitrogen and oxygen atoms in total. The van der Waals surface area contributed by atoms with Crippen molar-refractivity contribution in [2.45, 2.75) is 106 Å². The van der Waals surface area contributed by atoms with Gasteiger partial charge in [0, 0.05) is 86.6 Å². The molecule has 7 heterocycles. The predicted octanol–water partition coefficient (Wildman–Crippen LogP) is 12.8. The van der Waals surface area contributed by atoms with Crippen LogP contribution < -0.4 is 29.3 Å². The number of nitrogens with one attached hydrogen (secondary N) is 3. The zero-order valence-electron chi connectivity index (χ0n) is 52.9. The number of hydrogen-bond donors (Lipinski definition) is 6. The van der Waals surface area contributed by atoms with Gasteiger partial charge in [-0.1, -0.05) is 53.6 Å². The summed E-state index contributed by atoms with van der Waals surface area (Å²) < 4.78 is 119. The molecule has 0 radical (unpaired) electrons. The maximum absolute atomic E-state index is 11.5. The fourth-order valence-electron chi connectivity index (χ4n) is 6.53. The second-order valence-corrected chi connectivity index (χ2v) is 35.0. The lowest BCUT2D eigenvalue weighted by Crippen LogP contribution is -2.34. The van der Waals surface area contributed by atoms with E-state index in [2.05, 4.69) is 19.3 Å². The van der Waals surface area contributed by atoms with E-state index in [-0.39, 0.29) is 52.8 Å². The Morgan fingerprint density at radius 1 is 0.527 bits per heavy atom. The standard InChI is InChI=1S/C9H13NO5S3.C8H12N2O3S2.C8H14N2O2S2.C8H11NO3S2.C8H10OS.C7H7NO3S.C7H9NOS/c1-4-8(11)9-5-7(6-16-9)10(17(2,12)13)18(3,14)15;1-3-7(9-11)8-4-6(5-14-8)10-15(2,12)13;1-3-7(9)8-4-6(5-13-8)10-14(2,11)12;1-3-7(10)8-4-6(5-13-8)9-14(2,11)12;1-3-7(9)8-5-4-6(2)10-8;1-2-6(9)7-3-5(4-12-7)8(10)11;1-2-6(9)7-3-5(8)4-10-7/h5-6H,4H2,1-3H3;4-5,10-11H,3H2,1-2H3;4-5,7,10H,3,9H2,1-2H3;4-5,9H,3H2,1-2H3;4-5H,3H2,1-2H3;3-4H,2H2,1H3;3-4H,2,8H2,1H3/b;9-7-;;;;;. The van der Waals surface area contributed by atoms with Gasteiger partial charge in [-0.05, 0) is 62.2 Å². The maximum atomic E-state index is 11.5. The molecule has 0 spiro atoms. The Bertz CT molecular complexity index is 4150. The molecule has 8 N–H and O–H groups in total. The number of Topliss-reactive ketones (excluding diaryl/α,β-unsaturated/α-hetero) is 5. The van der Waals surface area contributed by atoms with E-state index < -0.39 is 55.0 Å². The number of oxime groups is 1. The van der Waals surface area contributed by atoms with Gasteiger partial charge in [0.1, 0.15) is 0 Å². The highest BCUT2D eigenvalue weighted by Gasteiger charge is 2.29. The molecule has 0 amide bonds. The molecule has 0 fully saturated rings. The summed E-state index contributed by atoms with van der Waals surface area (Å²) in [6, 6.07) is 13.2. The molecule has 1 unspecified atom stereocenters. The van der Waals surface area contributed by atoms with Crippen LogP contribution in [-0.4, -0.2) is 118 Å². The Labute approximate surface area is 571 Å². The summed E-state index contributed by atoms with van der Waals surface area (Å²) in [6.45, 7) is 14.8. The number of nitrogen functional groups attached to an aromatic ring is 1. The summed E-state index contributed by atoms with van der Waals surface area (Å²) >= 11 is 9.17. The first-order valence-electron chi connectivity index (χ1n) is 27.2. The van der Waals surface area contributed by atoms with Crippen LogP contribution in [0.3, 0.4) is 0 Å². The highest BCUT2D eigenvalue weighted by Crippen LogP contribution is 2.30. The van der Waals surface area contributed by atoms with Gasteiger partial charge in [0.15, 0.2) is 28.9 Å². The Morgan fingerprint density at radius 2 is 0.903 bits per heavy atom. The molecule has 0 aliphatic rings. The molecule has 0 bridgehead atoms. The van der Waals surface area contributed by atoms with Crippen LogP contribution in [0.15, 0.2) is 86.0 Å². The van der Waals surface area contributed by atoms with E-state index in [0.717, 1.165) is 79.9 Å². The van der Waals surface area contributed by atoms with Crippen molar-refractivity contribution in [3.8, 4) is 0 Å². The number of hydrogen-bond acceptors (Lipinski definition) is 28. The third kappa shape index (κ3) is 32.7. The monoisotopic (exact) mass is 1520 g/mol. The van der Waals surface area contributed by atoms with Crippen LogP contribution >= 0.6 is 79.4 Å². The van der Waals surface area contributed by atoms with Gasteiger partial charge in [0.25, 0.3) is 5.69 Å². The first kappa shape index (κ1) is 84.8. The van der Waals surface area contributed by atoms with Gasteiger partial charge < -0.3 is 16.7 Å². The lowest BCUT2D eigenvalue weighted by atomic mass is 10.2. The molecule has 0 saturated heterocycles. The van der Waals surface area contributed by atoms with E-state index in [1.807, 2.05) is 46.8 Å². The van der Waals surface area contributed by atoms with Crippen molar-refractivity contribution >= 4 is 198 Å². The molecule has 1 atom stereocenters. The summed E-state index contributed by atoms with van der Waals surface area (Å²) in [6.07, 6.45) is 8.59. The van der Waals surface area contributed by atoms with E-state index in [4.69, 9.17) is 16.7 Å². The average Bonchev–Trinajstić information content (AvgIpc) is 1.78. The molecule has 0 saturated carbocycles. The Kier molecular flexibility index (Phi) is 36.2. The van der Waals surface area contributed by atoms with E-state index in [1.54, 1.807) is 77.9 Å². The largest absolute Gasteiger partial charge is 0.411 e. The predicted molar refractivity (Wildman–Crippen MR) is 383 cm³/mol. The number of carbonyl (C=O) groups is 5. The van der Waals surface area contributed by atoms with Crippen LogP contribution in [-0.2, 0) is 50.1 Å². The SMILES string of the molecule is CC/C(=N/O)c1cc(NS(C)(=O)=O)cs1.CCC(=O)c1cc(N(S(C)(=O)=O)S(C)(=O)=O)cs1.CCC(=O)c1cc(N)cs1.CCC(=O)c1cc(NS(C)(=O)=O)cs1.CCC(=O)c1cc([N+](=O)[O-])cs1.CCC(=O)c1ccc(C)s1.CCC(N)c1cc(NS(C)(=O)=O)cs1. The van der Waals surface area contributed by atoms with Gasteiger partial charge in [-0.15, -0.1) is 79.4 Å². The molecule has 516 valence electrons. The average molecular weight is 1520 g/mol. The number of rotatable bonds is 24. The van der Waals surface area contributed by atoms with Crippen molar-refractivity contribution in [1.29, 1.82) is 0 Å². The van der Waals surface area contributed by atoms with Gasteiger partial charge >= 0.3 is 0 Å². The molecule has 93 heavy (non-hydrogen) atoms. The first-order chi connectivity index (χ1) is 43.0. The summed E-state index contributed by atoms with van der Waals surface area (Å²) in [7, 11) is -17.6. The summed E-state index contributed by atoms with van der Waals surface area (Å²) in [5.74, 6) is 0.234. The highest BCUT2D eigenvalue weighted by molar-refractivity contribution is 8.09. The van der Waals surface area contributed by atoms with Crippen molar-refractivity contribution in [1.82, 2.24) is 0 Å². The minimum atomic E-state index is -3.95. The topological polar surface area (TPSA) is 423 Å². The molecule has 7 rings (SSSR count). The summed E-state index contributed by atoms with van der Waals surface area (Å²) in [5, 5.41) is 31.6. The van der Waals surface area contributed by atoms with Gasteiger partial charge in [0.05, 0.1) is 99.3 Å². The maximum Gasteiger partial charge on any atom is 0.280 e. The van der Waals surface area contributed by atoms with Crippen molar-refractivity contribution < 1.29 is 76.2 Å². The normalized spacial score (nSPS) is 11.6. The number of anilines is 5. The molecule has 0 aliphatic heterocycles. The lowest BCUT2D eigenvalue weighted by Gasteiger charge is -2.17. The van der Waals surface area contributed by atoms with Gasteiger partial charge in [-0.3, -0.25) is 48.3 Å². The van der Waals surface area contributed by atoms with Crippen LogP contribution in [0.4, 0.5) is 34.1 Å². The van der Waals surface area contributed by atoms with Crippen LogP contribution in [0.25, 0.3) is 0 Å². The van der Waals surface area contributed by atoms with Crippen molar-refractivity contribution in [3.05, 3.63) is 130 Å². The number of nitrogens with zero attached hydrogens (tertiary/aromatic N) is 3. The number of nitrogens with two attached hydrogens (primary N) is 2. The Hall–Kier alpha value is -6.17. The smallest absolute Gasteiger partial charge is 0.280 e. The van der Waals surface area contributed by atoms with Crippen molar-refractivity contribution in [3.63, 3.8) is 0 Å². The number of ketones is 5. The van der Waals surface area contributed by atoms with Crippen molar-refractivity contribution in [2.24, 2.45) is 10.9 Å². The van der Waals surface area contributed by atoms with Gasteiger partial charge in [0.2, 0.25) is 50.1 Å². The highest BCUT2D eigenvalue weighted by atomic mass is 32.3.